The Morgan fingerprint density at radius 1 is 1.12 bits per heavy atom. The van der Waals surface area contributed by atoms with Gasteiger partial charge in [0.1, 0.15) is 25.5 Å². The van der Waals surface area contributed by atoms with Gasteiger partial charge in [-0.2, -0.15) is 0 Å². The maximum atomic E-state index is 11.9. The largest absolute Gasteiger partial charge is 0.490 e. The zero-order chi connectivity index (χ0) is 16.9. The molecule has 1 aromatic heterocycles. The van der Waals surface area contributed by atoms with Crippen LogP contribution in [0.15, 0.2) is 57.7 Å². The Morgan fingerprint density at radius 2 is 1.96 bits per heavy atom. The molecule has 6 nitrogen and oxygen atoms in total. The van der Waals surface area contributed by atoms with Gasteiger partial charge in [0.2, 0.25) is 0 Å². The predicted octanol–water partition coefficient (Wildman–Crippen LogP) is 2.53. The highest BCUT2D eigenvalue weighted by Crippen LogP contribution is 2.13. The van der Waals surface area contributed by atoms with Gasteiger partial charge >= 0.3 is 11.7 Å². The number of carbonyl (C=O) groups excluding carboxylic acids is 1. The second-order valence-corrected chi connectivity index (χ2v) is 5.31. The number of oxazole rings is 1. The first kappa shape index (κ1) is 15.9. The summed E-state index contributed by atoms with van der Waals surface area (Å²) in [4.78, 5) is 23.7. The highest BCUT2D eigenvalue weighted by Gasteiger charge is 2.13. The molecule has 124 valence electrons. The molecule has 2 aromatic carbocycles. The third-order valence-electron chi connectivity index (χ3n) is 3.47. The van der Waals surface area contributed by atoms with Gasteiger partial charge in [0.15, 0.2) is 5.58 Å². The second-order valence-electron chi connectivity index (χ2n) is 5.31. The van der Waals surface area contributed by atoms with E-state index in [2.05, 4.69) is 0 Å². The number of para-hydroxylation sites is 2. The number of carbonyl (C=O) groups is 1. The summed E-state index contributed by atoms with van der Waals surface area (Å²) < 4.78 is 16.9. The fraction of sp³-hybridized carbons (Fsp3) is 0.222. The molecule has 0 radical (unpaired) electrons. The average Bonchev–Trinajstić information content (AvgIpc) is 2.88. The molecular weight excluding hydrogens is 310 g/mol. The lowest BCUT2D eigenvalue weighted by Crippen LogP contribution is -2.23. The quantitative estimate of drug-likeness (QED) is 0.514. The summed E-state index contributed by atoms with van der Waals surface area (Å²) in [6.07, 6.45) is 0. The van der Waals surface area contributed by atoms with E-state index in [9.17, 15) is 9.59 Å². The third kappa shape index (κ3) is 3.65. The van der Waals surface area contributed by atoms with Crippen molar-refractivity contribution >= 4 is 17.1 Å². The number of rotatable bonds is 6. The first-order chi connectivity index (χ1) is 11.6. The second kappa shape index (κ2) is 7.04. The maximum absolute atomic E-state index is 11.9. The van der Waals surface area contributed by atoms with Crippen molar-refractivity contribution in [2.45, 2.75) is 13.5 Å². The summed E-state index contributed by atoms with van der Waals surface area (Å²) in [7, 11) is 0. The molecule has 0 fully saturated rings. The summed E-state index contributed by atoms with van der Waals surface area (Å²) in [5.41, 5.74) is 2.10. The smallest absolute Gasteiger partial charge is 0.420 e. The first-order valence-electron chi connectivity index (χ1n) is 7.57. The van der Waals surface area contributed by atoms with E-state index in [1.807, 2.05) is 31.2 Å². The van der Waals surface area contributed by atoms with Crippen LogP contribution in [0.4, 0.5) is 0 Å². The molecule has 3 aromatic rings. The molecule has 0 aliphatic heterocycles. The van der Waals surface area contributed by atoms with Crippen molar-refractivity contribution in [2.24, 2.45) is 0 Å². The van der Waals surface area contributed by atoms with Gasteiger partial charge in [-0.15, -0.1) is 0 Å². The molecule has 0 spiro atoms. The van der Waals surface area contributed by atoms with Crippen LogP contribution in [0, 0.1) is 6.92 Å². The minimum absolute atomic E-state index is 0.108. The Balaban J connectivity index is 1.52. The molecule has 0 aliphatic carbocycles. The summed E-state index contributed by atoms with van der Waals surface area (Å²) >= 11 is 0. The number of ether oxygens (including phenoxy) is 2. The Labute approximate surface area is 138 Å². The van der Waals surface area contributed by atoms with Gasteiger partial charge in [0, 0.05) is 0 Å². The molecule has 0 N–H and O–H groups in total. The molecule has 0 aliphatic rings. The molecule has 0 bridgehead atoms. The summed E-state index contributed by atoms with van der Waals surface area (Å²) in [6, 6.07) is 14.5. The van der Waals surface area contributed by atoms with Gasteiger partial charge in [-0.25, -0.2) is 4.79 Å². The summed E-state index contributed by atoms with van der Waals surface area (Å²) in [5.74, 6) is -0.372. The molecule has 3 rings (SSSR count). The standard InChI is InChI=1S/C18H17NO5/c1-13-5-4-6-14(11-13)22-9-10-23-17(20)12-19-15-7-2-3-8-16(15)24-18(19)21/h2-8,11H,9-10,12H2,1H3. The van der Waals surface area contributed by atoms with Crippen molar-refractivity contribution in [3.8, 4) is 5.75 Å². The van der Waals surface area contributed by atoms with Crippen LogP contribution in [0.3, 0.4) is 0 Å². The van der Waals surface area contributed by atoms with Crippen LogP contribution in [-0.4, -0.2) is 23.8 Å². The molecule has 24 heavy (non-hydrogen) atoms. The average molecular weight is 327 g/mol. The maximum Gasteiger partial charge on any atom is 0.420 e. The molecular formula is C18H17NO5. The van der Waals surface area contributed by atoms with Crippen LogP contribution < -0.4 is 10.5 Å². The third-order valence-corrected chi connectivity index (χ3v) is 3.47. The van der Waals surface area contributed by atoms with Gasteiger partial charge in [-0.05, 0) is 36.8 Å². The summed E-state index contributed by atoms with van der Waals surface area (Å²) in [6.45, 7) is 2.13. The molecule has 1 heterocycles. The van der Waals surface area contributed by atoms with Crippen LogP contribution in [0.2, 0.25) is 0 Å². The monoisotopic (exact) mass is 327 g/mol. The van der Waals surface area contributed by atoms with Gasteiger partial charge in [0.25, 0.3) is 0 Å². The number of fused-ring (bicyclic) bond motifs is 1. The highest BCUT2D eigenvalue weighted by atomic mass is 16.6. The van der Waals surface area contributed by atoms with Crippen LogP contribution in [0.1, 0.15) is 5.56 Å². The van der Waals surface area contributed by atoms with Crippen LogP contribution in [0.5, 0.6) is 5.75 Å². The van der Waals surface area contributed by atoms with E-state index in [-0.39, 0.29) is 19.8 Å². The lowest BCUT2D eigenvalue weighted by atomic mass is 10.2. The minimum atomic E-state index is -0.579. The van der Waals surface area contributed by atoms with Gasteiger partial charge in [-0.1, -0.05) is 24.3 Å². The molecule has 0 saturated carbocycles. The van der Waals surface area contributed by atoms with E-state index >= 15 is 0 Å². The highest BCUT2D eigenvalue weighted by molar-refractivity contribution is 5.76. The van der Waals surface area contributed by atoms with E-state index in [0.717, 1.165) is 11.3 Å². The van der Waals surface area contributed by atoms with E-state index in [1.165, 1.54) is 4.57 Å². The molecule has 0 atom stereocenters. The Bertz CT molecular complexity index is 909. The normalized spacial score (nSPS) is 10.7. The van der Waals surface area contributed by atoms with Crippen molar-refractivity contribution in [3.05, 3.63) is 64.6 Å². The van der Waals surface area contributed by atoms with Crippen LogP contribution in [0.25, 0.3) is 11.1 Å². The van der Waals surface area contributed by atoms with Crippen molar-refractivity contribution in [3.63, 3.8) is 0 Å². The van der Waals surface area contributed by atoms with Gasteiger partial charge < -0.3 is 13.9 Å². The van der Waals surface area contributed by atoms with E-state index in [4.69, 9.17) is 13.9 Å². The van der Waals surface area contributed by atoms with Crippen molar-refractivity contribution < 1.29 is 18.7 Å². The Morgan fingerprint density at radius 3 is 2.79 bits per heavy atom. The van der Waals surface area contributed by atoms with E-state index in [1.54, 1.807) is 24.3 Å². The number of aromatic nitrogens is 1. The van der Waals surface area contributed by atoms with E-state index in [0.29, 0.717) is 11.1 Å². The first-order valence-corrected chi connectivity index (χ1v) is 7.57. The van der Waals surface area contributed by atoms with Crippen molar-refractivity contribution in [1.29, 1.82) is 0 Å². The van der Waals surface area contributed by atoms with Gasteiger partial charge in [-0.3, -0.25) is 9.36 Å². The zero-order valence-corrected chi connectivity index (χ0v) is 13.2. The Hall–Kier alpha value is -3.02. The predicted molar refractivity (Wildman–Crippen MR) is 88.1 cm³/mol. The number of hydrogen-bond acceptors (Lipinski definition) is 5. The number of benzene rings is 2. The van der Waals surface area contributed by atoms with Crippen molar-refractivity contribution in [1.82, 2.24) is 4.57 Å². The van der Waals surface area contributed by atoms with Crippen LogP contribution in [-0.2, 0) is 16.1 Å². The zero-order valence-electron chi connectivity index (χ0n) is 13.2. The van der Waals surface area contributed by atoms with Gasteiger partial charge in [0.05, 0.1) is 5.52 Å². The molecule has 6 heteroatoms. The molecule has 0 saturated heterocycles. The fourth-order valence-electron chi connectivity index (χ4n) is 2.36. The number of esters is 1. The minimum Gasteiger partial charge on any atom is -0.490 e. The number of nitrogens with zero attached hydrogens (tertiary/aromatic N) is 1. The molecule has 0 amide bonds. The van der Waals surface area contributed by atoms with Crippen molar-refractivity contribution in [2.75, 3.05) is 13.2 Å². The SMILES string of the molecule is Cc1cccc(OCCOC(=O)Cn2c(=O)oc3ccccc32)c1. The Kier molecular flexibility index (Phi) is 4.65. The molecule has 0 unspecified atom stereocenters. The number of aryl methyl sites for hydroxylation is 1. The fourth-order valence-corrected chi connectivity index (χ4v) is 2.36. The summed E-state index contributed by atoms with van der Waals surface area (Å²) in [5, 5.41) is 0. The number of hydrogen-bond donors (Lipinski definition) is 0. The topological polar surface area (TPSA) is 70.7 Å². The van der Waals surface area contributed by atoms with E-state index < -0.39 is 11.7 Å². The lowest BCUT2D eigenvalue weighted by molar-refractivity contribution is -0.145. The van der Waals surface area contributed by atoms with Crippen LogP contribution >= 0.6 is 0 Å². The lowest BCUT2D eigenvalue weighted by Gasteiger charge is -2.08.